The van der Waals surface area contributed by atoms with Gasteiger partial charge in [0.2, 0.25) is 0 Å². The van der Waals surface area contributed by atoms with Crippen LogP contribution in [-0.4, -0.2) is 101 Å². The van der Waals surface area contributed by atoms with Crippen LogP contribution in [0.1, 0.15) is 72.8 Å². The minimum absolute atomic E-state index is 0.0132. The Morgan fingerprint density at radius 1 is 1.09 bits per heavy atom. The molecule has 4 aliphatic heterocycles. The molecule has 6 heterocycles. The molecule has 8 rings (SSSR count). The molecule has 56 heavy (non-hydrogen) atoms. The quantitative estimate of drug-likeness (QED) is 0.208. The molecule has 0 unspecified atom stereocenters. The van der Waals surface area contributed by atoms with Gasteiger partial charge in [-0.1, -0.05) is 23.7 Å². The number of carbonyl (C=O) groups is 2. The normalized spacial score (nSPS) is 22.1. The van der Waals surface area contributed by atoms with Crippen LogP contribution >= 0.6 is 22.9 Å². The maximum atomic E-state index is 17.6. The van der Waals surface area contributed by atoms with Gasteiger partial charge in [0.15, 0.2) is 11.6 Å². The van der Waals surface area contributed by atoms with Crippen LogP contribution in [0.2, 0.25) is 5.02 Å². The molecule has 2 amide bonds. The first-order valence-corrected chi connectivity index (χ1v) is 20.1. The van der Waals surface area contributed by atoms with E-state index < -0.39 is 23.1 Å². The number of likely N-dealkylation sites (N-methyl/N-ethyl adjacent to an activating group) is 1. The average molecular weight is 806 g/mol. The lowest BCUT2D eigenvalue weighted by Crippen LogP contribution is -2.63. The van der Waals surface area contributed by atoms with Crippen molar-refractivity contribution in [2.45, 2.75) is 103 Å². The molecule has 16 heteroatoms. The topological polar surface area (TPSA) is 142 Å². The van der Waals surface area contributed by atoms with Crippen LogP contribution in [0.25, 0.3) is 32.1 Å². The molecular weight excluding hydrogens is 761 g/mol. The van der Waals surface area contributed by atoms with Crippen molar-refractivity contribution < 1.29 is 32.9 Å². The number of hydrogen-bond acceptors (Lipinski definition) is 12. The van der Waals surface area contributed by atoms with Gasteiger partial charge in [0.1, 0.15) is 46.8 Å². The third-order valence-corrected chi connectivity index (χ3v) is 12.2. The van der Waals surface area contributed by atoms with Crippen LogP contribution < -0.4 is 19.7 Å². The fourth-order valence-corrected chi connectivity index (χ4v) is 9.84. The number of nitrogens with one attached hydrogen (secondary N) is 1. The minimum Gasteiger partial charge on any atom is -0.489 e. The highest BCUT2D eigenvalue weighted by atomic mass is 35.5. The molecule has 2 aromatic carbocycles. The van der Waals surface area contributed by atoms with Crippen molar-refractivity contribution in [1.29, 1.82) is 5.26 Å². The van der Waals surface area contributed by atoms with Crippen molar-refractivity contribution in [3.05, 3.63) is 34.6 Å². The Balaban J connectivity index is 1.28. The largest absolute Gasteiger partial charge is 0.489 e. The monoisotopic (exact) mass is 805 g/mol. The van der Waals surface area contributed by atoms with Gasteiger partial charge in [-0.15, -0.1) is 11.3 Å². The second-order valence-corrected chi connectivity index (χ2v) is 18.3. The van der Waals surface area contributed by atoms with Crippen molar-refractivity contribution in [3.8, 4) is 29.0 Å². The van der Waals surface area contributed by atoms with Crippen LogP contribution in [0.4, 0.5) is 24.8 Å². The molecule has 2 aromatic heterocycles. The summed E-state index contributed by atoms with van der Waals surface area (Å²) in [5, 5.41) is 14.1. The Morgan fingerprint density at radius 3 is 2.55 bits per heavy atom. The molecule has 3 saturated heterocycles. The lowest BCUT2D eigenvalue weighted by molar-refractivity contribution is 0.00543. The number of hydrogen-bond donors (Lipinski definition) is 1. The number of ether oxygens (including phenoxy) is 4. The van der Waals surface area contributed by atoms with Crippen LogP contribution in [-0.2, 0) is 9.47 Å². The Morgan fingerprint density at radius 2 is 1.86 bits per heavy atom. The maximum absolute atomic E-state index is 17.6. The van der Waals surface area contributed by atoms with Crippen molar-refractivity contribution in [3.63, 3.8) is 0 Å². The second-order valence-electron chi connectivity index (χ2n) is 16.9. The summed E-state index contributed by atoms with van der Waals surface area (Å²) < 4.78 is 42.4. The van der Waals surface area contributed by atoms with Gasteiger partial charge in [0.05, 0.1) is 34.1 Å². The number of nitrogens with zero attached hydrogens (tertiary/aromatic N) is 6. The number of likely N-dealkylation sites (tertiary alicyclic amines) is 1. The summed E-state index contributed by atoms with van der Waals surface area (Å²) >= 11 is 8.44. The summed E-state index contributed by atoms with van der Waals surface area (Å²) in [5.74, 6) is -0.116. The van der Waals surface area contributed by atoms with Crippen molar-refractivity contribution in [2.24, 2.45) is 0 Å². The van der Waals surface area contributed by atoms with Crippen LogP contribution in [0.15, 0.2) is 18.2 Å². The number of carbonyl (C=O) groups excluding carboxylic acids is 2. The zero-order valence-electron chi connectivity index (χ0n) is 32.5. The van der Waals surface area contributed by atoms with Gasteiger partial charge in [-0.05, 0) is 92.4 Å². The first kappa shape index (κ1) is 38.2. The molecule has 0 saturated carbocycles. The first-order chi connectivity index (χ1) is 26.5. The standard InChI is InChI=1S/C40H45ClFN7O6S/c1-39(2,3)54-37(50)46-35-23(16-43)27-22(11-8-12-26(27)56-35)28-30(41)33-29-32(31(28)42)44-36(53-18-21-10-9-15-47(21)7)45-34(29)48-17-20-13-14-24(25(48)19-52-33)49(20)38(51)55-40(4,5)6/h8,11-12,20-21,24-25H,9-10,13-15,17-19H2,1-7H3,(H,46,50)/t20-,21-,24+,25-/m1/s1. The first-order valence-electron chi connectivity index (χ1n) is 19.0. The molecule has 13 nitrogen and oxygen atoms in total. The molecule has 4 aromatic rings. The summed E-state index contributed by atoms with van der Waals surface area (Å²) in [6.45, 7) is 12.6. The molecule has 3 fully saturated rings. The van der Waals surface area contributed by atoms with Crippen LogP contribution in [0.3, 0.4) is 0 Å². The highest BCUT2D eigenvalue weighted by Crippen LogP contribution is 2.52. The summed E-state index contributed by atoms with van der Waals surface area (Å²) in [4.78, 5) is 42.2. The fraction of sp³-hybridized carbons (Fsp3) is 0.525. The van der Waals surface area contributed by atoms with Gasteiger partial charge >= 0.3 is 18.2 Å². The average Bonchev–Trinajstić information content (AvgIpc) is 3.75. The predicted molar refractivity (Wildman–Crippen MR) is 213 cm³/mol. The maximum Gasteiger partial charge on any atom is 0.412 e. The minimum atomic E-state index is -0.765. The van der Waals surface area contributed by atoms with Crippen LogP contribution in [0.5, 0.6) is 11.8 Å². The van der Waals surface area contributed by atoms with Gasteiger partial charge < -0.3 is 28.7 Å². The molecule has 4 aliphatic rings. The van der Waals surface area contributed by atoms with E-state index in [0.29, 0.717) is 40.0 Å². The number of fused-ring (bicyclic) bond motifs is 6. The van der Waals surface area contributed by atoms with E-state index in [2.05, 4.69) is 21.2 Å². The van der Waals surface area contributed by atoms with E-state index in [1.807, 2.05) is 32.7 Å². The number of halogens is 2. The van der Waals surface area contributed by atoms with E-state index >= 15 is 4.39 Å². The second kappa shape index (κ2) is 14.1. The van der Waals surface area contributed by atoms with E-state index in [4.69, 9.17) is 40.5 Å². The summed E-state index contributed by atoms with van der Waals surface area (Å²) in [6.07, 6.45) is 2.39. The highest BCUT2D eigenvalue weighted by Gasteiger charge is 2.52. The molecule has 4 atom stereocenters. The number of benzene rings is 2. The molecule has 0 radical (unpaired) electrons. The van der Waals surface area contributed by atoms with Crippen molar-refractivity contribution in [2.75, 3.05) is 43.6 Å². The van der Waals surface area contributed by atoms with Crippen LogP contribution in [0, 0.1) is 17.1 Å². The van der Waals surface area contributed by atoms with E-state index in [0.717, 1.165) is 32.2 Å². The molecule has 0 aliphatic carbocycles. The SMILES string of the molecule is CN1CCC[C@@H]1COc1nc2c3c(c(Cl)c(-c4cccc5sc(NC(=O)OC(C)(C)C)c(C#N)c45)c(F)c3n1)OC[C@@H]1[C@@H]3CC[C@H](CN21)N3C(=O)OC(C)(C)C. The Hall–Kier alpha value is -4.65. The van der Waals surface area contributed by atoms with Crippen molar-refractivity contribution in [1.82, 2.24) is 19.8 Å². The smallest absolute Gasteiger partial charge is 0.412 e. The van der Waals surface area contributed by atoms with E-state index in [-0.39, 0.29) is 75.3 Å². The molecule has 0 spiro atoms. The van der Waals surface area contributed by atoms with E-state index in [9.17, 15) is 14.9 Å². The van der Waals surface area contributed by atoms with E-state index in [1.54, 1.807) is 39.0 Å². The number of rotatable bonds is 5. The molecule has 2 bridgehead atoms. The third kappa shape index (κ3) is 6.79. The molecule has 296 valence electrons. The summed E-state index contributed by atoms with van der Waals surface area (Å²) in [6, 6.07) is 6.80. The number of aromatic nitrogens is 2. The lowest BCUT2D eigenvalue weighted by atomic mass is 9.96. The van der Waals surface area contributed by atoms with Gasteiger partial charge in [-0.3, -0.25) is 10.2 Å². The number of amides is 2. The zero-order valence-corrected chi connectivity index (χ0v) is 34.1. The number of thiophene rings is 1. The Labute approximate surface area is 333 Å². The lowest BCUT2D eigenvalue weighted by Gasteiger charge is -2.46. The van der Waals surface area contributed by atoms with Gasteiger partial charge in [0.25, 0.3) is 0 Å². The van der Waals surface area contributed by atoms with Gasteiger partial charge in [-0.2, -0.15) is 15.2 Å². The Bertz CT molecular complexity index is 2300. The van der Waals surface area contributed by atoms with E-state index in [1.165, 1.54) is 11.3 Å². The summed E-state index contributed by atoms with van der Waals surface area (Å²) in [5.41, 5.74) is -1.03. The third-order valence-electron chi connectivity index (χ3n) is 10.8. The van der Waals surface area contributed by atoms with Crippen molar-refractivity contribution >= 4 is 66.9 Å². The predicted octanol–water partition coefficient (Wildman–Crippen LogP) is 8.34. The van der Waals surface area contributed by atoms with Gasteiger partial charge in [-0.25, -0.2) is 14.0 Å². The summed E-state index contributed by atoms with van der Waals surface area (Å²) in [7, 11) is 2.05. The zero-order chi connectivity index (χ0) is 39.8. The van der Waals surface area contributed by atoms with Gasteiger partial charge in [0, 0.05) is 28.2 Å². The number of nitriles is 1. The fourth-order valence-electron chi connectivity index (χ4n) is 8.44. The Kier molecular flexibility index (Phi) is 9.61. The number of piperazine rings is 1. The highest BCUT2D eigenvalue weighted by molar-refractivity contribution is 7.23. The molecular formula is C40H45ClFN7O6S. The molecule has 1 N–H and O–H groups in total. The number of anilines is 2.